The molecule has 0 aromatic carbocycles. The van der Waals surface area contributed by atoms with Crippen molar-refractivity contribution in [3.63, 3.8) is 0 Å². The van der Waals surface area contributed by atoms with Gasteiger partial charge in [0.1, 0.15) is 0 Å². The molecule has 0 aliphatic heterocycles. The first-order valence-electron chi connectivity index (χ1n) is 6.41. The van der Waals surface area contributed by atoms with Gasteiger partial charge in [-0.1, -0.05) is 13.3 Å². The molecule has 0 aromatic heterocycles. The molecule has 2 bridgehead atoms. The maximum Gasteiger partial charge on any atom is 0.0481 e. The van der Waals surface area contributed by atoms with E-state index in [0.29, 0.717) is 23.7 Å². The van der Waals surface area contributed by atoms with Crippen molar-refractivity contribution in [1.29, 1.82) is 0 Å². The van der Waals surface area contributed by atoms with Gasteiger partial charge in [0.2, 0.25) is 0 Å². The molecule has 0 N–H and O–H groups in total. The minimum atomic E-state index is -0.726. The summed E-state index contributed by atoms with van der Waals surface area (Å²) in [6.45, 7) is 2.21. The molecule has 2 heteroatoms. The van der Waals surface area contributed by atoms with E-state index in [1.165, 1.54) is 12.8 Å². The molecule has 3 aliphatic rings. The van der Waals surface area contributed by atoms with E-state index in [1.54, 1.807) is 0 Å². The molecule has 2 nitrogen and oxygen atoms in total. The third-order valence-electron chi connectivity index (χ3n) is 5.65. The van der Waals surface area contributed by atoms with Crippen LogP contribution in [0.2, 0.25) is 0 Å². The minimum absolute atomic E-state index is 0.399. The zero-order valence-electron chi connectivity index (χ0n) is 9.37. The summed E-state index contributed by atoms with van der Waals surface area (Å²) in [6, 6.07) is 0. The van der Waals surface area contributed by atoms with Gasteiger partial charge in [0.05, 0.1) is 0 Å². The van der Waals surface area contributed by atoms with Gasteiger partial charge in [-0.25, -0.2) is 0 Å². The van der Waals surface area contributed by atoms with E-state index in [0.717, 1.165) is 25.7 Å². The number of carbonyl (C=O) groups is 1. The molecule has 0 spiro atoms. The first kappa shape index (κ1) is 9.68. The van der Waals surface area contributed by atoms with Crippen LogP contribution >= 0.6 is 0 Å². The van der Waals surface area contributed by atoms with Gasteiger partial charge < -0.3 is 9.90 Å². The number of aliphatic carboxylic acids is 1. The monoisotopic (exact) mass is 207 g/mol. The highest BCUT2D eigenvalue weighted by molar-refractivity contribution is 5.75. The lowest BCUT2D eigenvalue weighted by atomic mass is 9.66. The molecule has 1 unspecified atom stereocenters. The molecule has 0 radical (unpaired) electrons. The lowest BCUT2D eigenvalue weighted by molar-refractivity contribution is -0.324. The van der Waals surface area contributed by atoms with Crippen molar-refractivity contribution in [2.45, 2.75) is 45.4 Å². The third-order valence-corrected chi connectivity index (χ3v) is 5.65. The fraction of sp³-hybridized carbons (Fsp3) is 0.923. The quantitative estimate of drug-likeness (QED) is 0.690. The summed E-state index contributed by atoms with van der Waals surface area (Å²) >= 11 is 0. The van der Waals surface area contributed by atoms with Gasteiger partial charge in [-0.2, -0.15) is 0 Å². The van der Waals surface area contributed by atoms with E-state index in [4.69, 9.17) is 0 Å². The van der Waals surface area contributed by atoms with E-state index in [1.807, 2.05) is 0 Å². The molecule has 3 saturated carbocycles. The molecule has 0 heterocycles. The second-order valence-electron chi connectivity index (χ2n) is 5.83. The Morgan fingerprint density at radius 1 is 1.40 bits per heavy atom. The predicted molar refractivity (Wildman–Crippen MR) is 54.8 cm³/mol. The van der Waals surface area contributed by atoms with Crippen LogP contribution in [0.5, 0.6) is 0 Å². The first-order valence-corrected chi connectivity index (χ1v) is 6.41. The van der Waals surface area contributed by atoms with Crippen LogP contribution in [0.4, 0.5) is 0 Å². The molecule has 15 heavy (non-hydrogen) atoms. The van der Waals surface area contributed by atoms with E-state index in [2.05, 4.69) is 6.92 Å². The summed E-state index contributed by atoms with van der Waals surface area (Å²) < 4.78 is 0. The Labute approximate surface area is 91.1 Å². The third kappa shape index (κ3) is 0.982. The molecular weight excluding hydrogens is 188 g/mol. The molecule has 0 aromatic rings. The van der Waals surface area contributed by atoms with Crippen LogP contribution < -0.4 is 5.11 Å². The molecule has 0 saturated heterocycles. The Bertz CT molecular complexity index is 297. The minimum Gasteiger partial charge on any atom is -0.550 e. The molecule has 3 fully saturated rings. The van der Waals surface area contributed by atoms with Crippen LogP contribution in [-0.2, 0) is 4.79 Å². The second-order valence-corrected chi connectivity index (χ2v) is 5.83. The normalized spacial score (nSPS) is 52.1. The van der Waals surface area contributed by atoms with Crippen LogP contribution in [0, 0.1) is 29.1 Å². The maximum absolute atomic E-state index is 11.5. The van der Waals surface area contributed by atoms with Gasteiger partial charge in [-0.05, 0) is 55.8 Å². The van der Waals surface area contributed by atoms with Gasteiger partial charge in [-0.3, -0.25) is 0 Å². The van der Waals surface area contributed by atoms with Crippen LogP contribution in [0.25, 0.3) is 0 Å². The lowest BCUT2D eigenvalue weighted by Crippen LogP contribution is -2.49. The first-order chi connectivity index (χ1) is 7.20. The van der Waals surface area contributed by atoms with Crippen molar-refractivity contribution in [3.05, 3.63) is 0 Å². The Kier molecular flexibility index (Phi) is 1.93. The maximum atomic E-state index is 11.5. The molecule has 3 aliphatic carbocycles. The summed E-state index contributed by atoms with van der Waals surface area (Å²) in [6.07, 6.45) is 6.78. The summed E-state index contributed by atoms with van der Waals surface area (Å²) in [5.41, 5.74) is -0.399. The zero-order valence-corrected chi connectivity index (χ0v) is 9.37. The Morgan fingerprint density at radius 2 is 2.20 bits per heavy atom. The van der Waals surface area contributed by atoms with Crippen molar-refractivity contribution in [2.24, 2.45) is 29.1 Å². The van der Waals surface area contributed by atoms with Crippen LogP contribution in [0.1, 0.15) is 45.4 Å². The largest absolute Gasteiger partial charge is 0.550 e. The zero-order chi connectivity index (χ0) is 10.6. The number of rotatable bonds is 2. The summed E-state index contributed by atoms with van der Waals surface area (Å²) in [7, 11) is 0. The number of hydrogen-bond acceptors (Lipinski definition) is 2. The Hall–Kier alpha value is -0.530. The molecule has 5 atom stereocenters. The molecule has 3 rings (SSSR count). The average Bonchev–Trinajstić information content (AvgIpc) is 2.88. The standard InChI is InChI=1S/C13H20O2/c1-2-8-5-6-13(12(14)15)10-4-3-9(7-10)11(8)13/h8-11H,2-7H2,1H3,(H,14,15)/p-1/t8?,9-,10+,11+,13+/m0/s1. The average molecular weight is 207 g/mol. The van der Waals surface area contributed by atoms with Crippen molar-refractivity contribution >= 4 is 5.97 Å². The summed E-state index contributed by atoms with van der Waals surface area (Å²) in [4.78, 5) is 11.5. The van der Waals surface area contributed by atoms with Gasteiger partial charge in [0.15, 0.2) is 0 Å². The van der Waals surface area contributed by atoms with Crippen molar-refractivity contribution in [2.75, 3.05) is 0 Å². The van der Waals surface area contributed by atoms with Gasteiger partial charge in [0.25, 0.3) is 0 Å². The molecular formula is C13H19O2-. The molecule has 0 amide bonds. The van der Waals surface area contributed by atoms with Crippen LogP contribution in [0.3, 0.4) is 0 Å². The SMILES string of the molecule is CCC1CC[C@@]2(C(=O)[O-])[C@@H]3CC[C@@H](C3)[C@@H]12. The highest BCUT2D eigenvalue weighted by atomic mass is 16.4. The number of carbonyl (C=O) groups excluding carboxylic acids is 1. The van der Waals surface area contributed by atoms with Gasteiger partial charge in [-0.15, -0.1) is 0 Å². The van der Waals surface area contributed by atoms with Crippen LogP contribution in [0.15, 0.2) is 0 Å². The summed E-state index contributed by atoms with van der Waals surface area (Å²) in [5.74, 6) is 1.56. The van der Waals surface area contributed by atoms with E-state index < -0.39 is 11.4 Å². The van der Waals surface area contributed by atoms with Crippen molar-refractivity contribution in [1.82, 2.24) is 0 Å². The lowest BCUT2D eigenvalue weighted by Gasteiger charge is -2.42. The van der Waals surface area contributed by atoms with Gasteiger partial charge >= 0.3 is 0 Å². The highest BCUT2D eigenvalue weighted by Gasteiger charge is 2.63. The van der Waals surface area contributed by atoms with E-state index in [-0.39, 0.29) is 0 Å². The topological polar surface area (TPSA) is 40.1 Å². The highest BCUT2D eigenvalue weighted by Crippen LogP contribution is 2.68. The fourth-order valence-corrected chi connectivity index (χ4v) is 5.15. The van der Waals surface area contributed by atoms with Crippen molar-refractivity contribution in [3.8, 4) is 0 Å². The smallest absolute Gasteiger partial charge is 0.0481 e. The van der Waals surface area contributed by atoms with E-state index in [9.17, 15) is 9.90 Å². The Balaban J connectivity index is 2.01. The Morgan fingerprint density at radius 3 is 2.87 bits per heavy atom. The number of carboxylic acids is 1. The van der Waals surface area contributed by atoms with Gasteiger partial charge in [0, 0.05) is 11.4 Å². The molecule has 84 valence electrons. The predicted octanol–water partition coefficient (Wildman–Crippen LogP) is 1.59. The van der Waals surface area contributed by atoms with Crippen molar-refractivity contribution < 1.29 is 9.90 Å². The number of fused-ring (bicyclic) bond motifs is 5. The number of hydrogen-bond donors (Lipinski definition) is 0. The summed E-state index contributed by atoms with van der Waals surface area (Å²) in [5, 5.41) is 11.5. The second kappa shape index (κ2) is 2.99. The number of carboxylic acid groups (broad SMARTS) is 1. The fourth-order valence-electron chi connectivity index (χ4n) is 5.15. The van der Waals surface area contributed by atoms with E-state index >= 15 is 0 Å². The van der Waals surface area contributed by atoms with Crippen LogP contribution in [-0.4, -0.2) is 5.97 Å².